The Morgan fingerprint density at radius 3 is 1.71 bits per heavy atom. The van der Waals surface area contributed by atoms with Gasteiger partial charge in [-0.05, 0) is 35.4 Å². The number of ether oxygens (including phenoxy) is 1. The molecule has 0 spiro atoms. The van der Waals surface area contributed by atoms with Crippen molar-refractivity contribution < 1.29 is 17.9 Å². The number of carbonyl (C=O) groups is 1. The fraction of sp³-hybridized carbons (Fsp3) is 0.208. The van der Waals surface area contributed by atoms with E-state index in [1.807, 2.05) is 60.7 Å². The lowest BCUT2D eigenvalue weighted by molar-refractivity contribution is -0.130. The second-order valence-electron chi connectivity index (χ2n) is 7.19. The molecule has 0 bridgehead atoms. The minimum Gasteiger partial charge on any atom is -0.497 e. The van der Waals surface area contributed by atoms with Crippen LogP contribution in [-0.4, -0.2) is 39.1 Å². The topological polar surface area (TPSA) is 66.9 Å². The molecule has 0 aromatic heterocycles. The van der Waals surface area contributed by atoms with Crippen LogP contribution in [0, 0.1) is 0 Å². The van der Waals surface area contributed by atoms with Crippen LogP contribution in [0.1, 0.15) is 11.1 Å². The van der Waals surface area contributed by atoms with E-state index < -0.39 is 10.0 Å². The number of amides is 1. The Morgan fingerprint density at radius 2 is 1.29 bits per heavy atom. The van der Waals surface area contributed by atoms with Crippen LogP contribution in [0.4, 0.5) is 5.69 Å². The van der Waals surface area contributed by atoms with E-state index in [1.165, 1.54) is 7.11 Å². The van der Waals surface area contributed by atoms with E-state index in [1.54, 1.807) is 29.2 Å². The van der Waals surface area contributed by atoms with Gasteiger partial charge in [0, 0.05) is 13.1 Å². The highest BCUT2D eigenvalue weighted by Gasteiger charge is 2.24. The summed E-state index contributed by atoms with van der Waals surface area (Å²) in [6.07, 6.45) is 1.10. The quantitative estimate of drug-likeness (QED) is 0.511. The normalized spacial score (nSPS) is 11.0. The molecule has 1 amide bonds. The predicted octanol–water partition coefficient (Wildman–Crippen LogP) is 3.69. The number of methoxy groups -OCH3 is 1. The second-order valence-corrected chi connectivity index (χ2v) is 9.10. The Morgan fingerprint density at radius 1 is 0.806 bits per heavy atom. The molecule has 0 heterocycles. The van der Waals surface area contributed by atoms with Crippen molar-refractivity contribution in [2.24, 2.45) is 0 Å². The van der Waals surface area contributed by atoms with Gasteiger partial charge in [0.25, 0.3) is 0 Å². The molecule has 31 heavy (non-hydrogen) atoms. The molecule has 3 aromatic carbocycles. The van der Waals surface area contributed by atoms with E-state index in [-0.39, 0.29) is 12.5 Å². The number of nitrogens with zero attached hydrogens (tertiary/aromatic N) is 2. The van der Waals surface area contributed by atoms with Crippen molar-refractivity contribution in [2.45, 2.75) is 13.1 Å². The maximum absolute atomic E-state index is 13.3. The summed E-state index contributed by atoms with van der Waals surface area (Å²) in [6.45, 7) is 0.481. The van der Waals surface area contributed by atoms with Crippen LogP contribution in [0.3, 0.4) is 0 Å². The molecule has 0 N–H and O–H groups in total. The number of hydrogen-bond donors (Lipinski definition) is 0. The van der Waals surface area contributed by atoms with Crippen LogP contribution < -0.4 is 9.04 Å². The average Bonchev–Trinajstić information content (AvgIpc) is 2.77. The van der Waals surface area contributed by atoms with Crippen LogP contribution in [-0.2, 0) is 27.9 Å². The molecular formula is C24H26N2O4S. The van der Waals surface area contributed by atoms with Crippen LogP contribution in [0.5, 0.6) is 5.75 Å². The van der Waals surface area contributed by atoms with Gasteiger partial charge in [0.2, 0.25) is 15.9 Å². The smallest absolute Gasteiger partial charge is 0.243 e. The largest absolute Gasteiger partial charge is 0.497 e. The summed E-state index contributed by atoms with van der Waals surface area (Å²) in [5.74, 6) is 0.326. The second kappa shape index (κ2) is 10.1. The Hall–Kier alpha value is -3.32. The zero-order valence-corrected chi connectivity index (χ0v) is 18.5. The Bertz CT molecular complexity index is 1040. The molecule has 3 aromatic rings. The number of anilines is 1. The van der Waals surface area contributed by atoms with E-state index in [4.69, 9.17) is 4.74 Å². The highest BCUT2D eigenvalue weighted by Crippen LogP contribution is 2.22. The minimum atomic E-state index is -3.67. The summed E-state index contributed by atoms with van der Waals surface area (Å²) in [4.78, 5) is 15.0. The molecule has 0 aliphatic rings. The van der Waals surface area contributed by atoms with Crippen LogP contribution in [0.15, 0.2) is 84.9 Å². The van der Waals surface area contributed by atoms with Gasteiger partial charge >= 0.3 is 0 Å². The van der Waals surface area contributed by atoms with E-state index >= 15 is 0 Å². The highest BCUT2D eigenvalue weighted by molar-refractivity contribution is 7.92. The molecule has 6 nitrogen and oxygen atoms in total. The third kappa shape index (κ3) is 6.33. The monoisotopic (exact) mass is 438 g/mol. The number of rotatable bonds is 9. The molecule has 0 aliphatic heterocycles. The van der Waals surface area contributed by atoms with E-state index in [2.05, 4.69) is 0 Å². The Kier molecular flexibility index (Phi) is 7.31. The fourth-order valence-corrected chi connectivity index (χ4v) is 4.06. The van der Waals surface area contributed by atoms with Crippen molar-refractivity contribution in [3.63, 3.8) is 0 Å². The van der Waals surface area contributed by atoms with Gasteiger partial charge in [0.15, 0.2) is 0 Å². The van der Waals surface area contributed by atoms with Gasteiger partial charge in [-0.15, -0.1) is 0 Å². The van der Waals surface area contributed by atoms with E-state index in [9.17, 15) is 13.2 Å². The zero-order valence-electron chi connectivity index (χ0n) is 17.6. The van der Waals surface area contributed by atoms with Gasteiger partial charge in [-0.3, -0.25) is 9.10 Å². The van der Waals surface area contributed by atoms with Crippen molar-refractivity contribution in [3.8, 4) is 5.75 Å². The SMILES string of the molecule is COc1ccc(N(CC(=O)N(Cc2ccccc2)Cc2ccccc2)S(C)(=O)=O)cc1. The third-order valence-corrected chi connectivity index (χ3v) is 5.97. The van der Waals surface area contributed by atoms with Gasteiger partial charge in [-0.1, -0.05) is 60.7 Å². The number of benzene rings is 3. The first-order valence-electron chi connectivity index (χ1n) is 9.84. The summed E-state index contributed by atoms with van der Waals surface area (Å²) in [6, 6.07) is 25.9. The summed E-state index contributed by atoms with van der Waals surface area (Å²) in [7, 11) is -2.13. The van der Waals surface area contributed by atoms with Crippen molar-refractivity contribution in [1.29, 1.82) is 0 Å². The molecule has 0 atom stereocenters. The van der Waals surface area contributed by atoms with E-state index in [0.717, 1.165) is 21.7 Å². The molecule has 0 aliphatic carbocycles. The molecule has 7 heteroatoms. The van der Waals surface area contributed by atoms with Crippen molar-refractivity contribution in [3.05, 3.63) is 96.1 Å². The van der Waals surface area contributed by atoms with Gasteiger partial charge < -0.3 is 9.64 Å². The minimum absolute atomic E-state index is 0.283. The zero-order chi connectivity index (χ0) is 22.3. The van der Waals surface area contributed by atoms with E-state index in [0.29, 0.717) is 24.5 Å². The molecule has 0 unspecified atom stereocenters. The molecule has 0 saturated carbocycles. The number of sulfonamides is 1. The van der Waals surface area contributed by atoms with Gasteiger partial charge in [-0.2, -0.15) is 0 Å². The molecule has 3 rings (SSSR count). The summed E-state index contributed by atoms with van der Waals surface area (Å²) >= 11 is 0. The number of hydrogen-bond acceptors (Lipinski definition) is 4. The molecule has 0 saturated heterocycles. The molecule has 0 radical (unpaired) electrons. The summed E-state index contributed by atoms with van der Waals surface area (Å²) in [5.41, 5.74) is 2.36. The lowest BCUT2D eigenvalue weighted by Gasteiger charge is -2.28. The van der Waals surface area contributed by atoms with Crippen molar-refractivity contribution >= 4 is 21.6 Å². The van der Waals surface area contributed by atoms with Crippen LogP contribution in [0.25, 0.3) is 0 Å². The third-order valence-electron chi connectivity index (χ3n) is 4.82. The maximum atomic E-state index is 13.3. The van der Waals surface area contributed by atoms with Crippen LogP contribution in [0.2, 0.25) is 0 Å². The van der Waals surface area contributed by atoms with Gasteiger partial charge in [0.1, 0.15) is 12.3 Å². The lowest BCUT2D eigenvalue weighted by atomic mass is 10.1. The summed E-state index contributed by atoms with van der Waals surface area (Å²) < 4.78 is 31.2. The Balaban J connectivity index is 1.86. The van der Waals surface area contributed by atoms with Gasteiger partial charge in [-0.25, -0.2) is 8.42 Å². The first kappa shape index (κ1) is 22.4. The standard InChI is InChI=1S/C24H26N2O4S/c1-30-23-15-13-22(14-16-23)26(31(2,28)29)19-24(27)25(17-20-9-5-3-6-10-20)18-21-11-7-4-8-12-21/h3-16H,17-19H2,1-2H3. The molecule has 0 fully saturated rings. The predicted molar refractivity (Wildman–Crippen MR) is 122 cm³/mol. The summed E-state index contributed by atoms with van der Waals surface area (Å²) in [5, 5.41) is 0. The highest BCUT2D eigenvalue weighted by atomic mass is 32.2. The molecular weight excluding hydrogens is 412 g/mol. The van der Waals surface area contributed by atoms with Crippen molar-refractivity contribution in [1.82, 2.24) is 4.90 Å². The Labute approximate surface area is 183 Å². The van der Waals surface area contributed by atoms with Crippen LogP contribution >= 0.6 is 0 Å². The number of carbonyl (C=O) groups excluding carboxylic acids is 1. The maximum Gasteiger partial charge on any atom is 0.243 e. The van der Waals surface area contributed by atoms with Gasteiger partial charge in [0.05, 0.1) is 19.1 Å². The lowest BCUT2D eigenvalue weighted by Crippen LogP contribution is -2.42. The molecule has 162 valence electrons. The van der Waals surface area contributed by atoms with Crippen molar-refractivity contribution in [2.75, 3.05) is 24.2 Å². The fourth-order valence-electron chi connectivity index (χ4n) is 3.21. The first-order chi connectivity index (χ1) is 14.9. The first-order valence-corrected chi connectivity index (χ1v) is 11.7. The average molecular weight is 439 g/mol.